The molecule has 3 aliphatic heterocycles. The van der Waals surface area contributed by atoms with Crippen molar-refractivity contribution in [3.63, 3.8) is 0 Å². The van der Waals surface area contributed by atoms with E-state index in [1.165, 1.54) is 4.90 Å². The number of rotatable bonds is 1. The number of urea groups is 1. The number of likely N-dealkylation sites (tertiary alicyclic amines) is 1. The van der Waals surface area contributed by atoms with Crippen molar-refractivity contribution in [2.24, 2.45) is 0 Å². The highest BCUT2D eigenvalue weighted by molar-refractivity contribution is 6.30. The molecule has 3 aliphatic rings. The maximum atomic E-state index is 13.0. The Balaban J connectivity index is 1.60. The Morgan fingerprint density at radius 3 is 2.79 bits per heavy atom. The normalized spacial score (nSPS) is 25.0. The van der Waals surface area contributed by atoms with Crippen LogP contribution in [0.1, 0.15) is 42.5 Å². The maximum Gasteiger partial charge on any atom is 0.407 e. The van der Waals surface area contributed by atoms with Gasteiger partial charge in [-0.3, -0.25) is 0 Å². The van der Waals surface area contributed by atoms with Crippen molar-refractivity contribution in [2.75, 3.05) is 32.8 Å². The molecule has 1 N–H and O–H groups in total. The molecule has 1 aromatic rings. The number of benzene rings is 1. The highest BCUT2D eigenvalue weighted by Crippen LogP contribution is 2.38. The van der Waals surface area contributed by atoms with E-state index in [-0.39, 0.29) is 18.2 Å². The molecule has 7 nitrogen and oxygen atoms in total. The molecule has 0 spiro atoms. The predicted octanol–water partition coefficient (Wildman–Crippen LogP) is 3.35. The Morgan fingerprint density at radius 1 is 1.21 bits per heavy atom. The summed E-state index contributed by atoms with van der Waals surface area (Å²) in [5, 5.41) is 10.2. The molecule has 1 aromatic carbocycles. The van der Waals surface area contributed by atoms with Gasteiger partial charge in [-0.2, -0.15) is 0 Å². The number of carbonyl (C=O) groups is 2. The second kappa shape index (κ2) is 7.79. The van der Waals surface area contributed by atoms with Crippen molar-refractivity contribution in [3.05, 3.63) is 33.8 Å². The van der Waals surface area contributed by atoms with Crippen molar-refractivity contribution in [2.45, 2.75) is 44.9 Å². The van der Waals surface area contributed by atoms with E-state index in [1.807, 2.05) is 28.9 Å². The fourth-order valence-corrected chi connectivity index (χ4v) is 4.88. The van der Waals surface area contributed by atoms with E-state index in [0.717, 1.165) is 36.0 Å². The zero-order valence-electron chi connectivity index (χ0n) is 16.1. The minimum Gasteiger partial charge on any atom is -0.465 e. The molecule has 3 heterocycles. The first-order chi connectivity index (χ1) is 13.4. The van der Waals surface area contributed by atoms with Crippen LogP contribution in [0.2, 0.25) is 5.02 Å². The van der Waals surface area contributed by atoms with Gasteiger partial charge in [0.05, 0.1) is 18.8 Å². The number of nitrogens with zero attached hydrogens (tertiary/aromatic N) is 3. The summed E-state index contributed by atoms with van der Waals surface area (Å²) in [6.45, 7) is 5.43. The van der Waals surface area contributed by atoms with E-state index in [1.54, 1.807) is 0 Å². The van der Waals surface area contributed by atoms with E-state index >= 15 is 0 Å². The summed E-state index contributed by atoms with van der Waals surface area (Å²) in [5.74, 6) is 0. The molecule has 2 unspecified atom stereocenters. The van der Waals surface area contributed by atoms with Crippen LogP contribution in [0, 0.1) is 0 Å². The average Bonchev–Trinajstić information content (AvgIpc) is 3.16. The molecule has 0 bridgehead atoms. The summed E-state index contributed by atoms with van der Waals surface area (Å²) in [5.41, 5.74) is 3.14. The largest absolute Gasteiger partial charge is 0.465 e. The smallest absolute Gasteiger partial charge is 0.407 e. The van der Waals surface area contributed by atoms with Gasteiger partial charge in [-0.15, -0.1) is 0 Å². The Labute approximate surface area is 169 Å². The lowest BCUT2D eigenvalue weighted by Gasteiger charge is -2.38. The van der Waals surface area contributed by atoms with Crippen molar-refractivity contribution >= 4 is 23.7 Å². The van der Waals surface area contributed by atoms with E-state index < -0.39 is 6.09 Å². The van der Waals surface area contributed by atoms with Crippen LogP contribution in [-0.4, -0.2) is 70.8 Å². The van der Waals surface area contributed by atoms with Crippen LogP contribution in [0.3, 0.4) is 0 Å². The number of carbonyl (C=O) groups excluding carboxylic acids is 1. The number of carboxylic acid groups (broad SMARTS) is 1. The van der Waals surface area contributed by atoms with Gasteiger partial charge in [-0.1, -0.05) is 11.6 Å². The topological polar surface area (TPSA) is 73.3 Å². The van der Waals surface area contributed by atoms with E-state index in [0.29, 0.717) is 44.4 Å². The van der Waals surface area contributed by atoms with Crippen molar-refractivity contribution in [1.82, 2.24) is 14.7 Å². The van der Waals surface area contributed by atoms with Crippen LogP contribution in [0.4, 0.5) is 9.59 Å². The van der Waals surface area contributed by atoms with Crippen molar-refractivity contribution < 1.29 is 19.4 Å². The summed E-state index contributed by atoms with van der Waals surface area (Å²) in [4.78, 5) is 29.9. The van der Waals surface area contributed by atoms with Gasteiger partial charge in [-0.05, 0) is 55.0 Å². The quantitative estimate of drug-likeness (QED) is 0.774. The summed E-state index contributed by atoms with van der Waals surface area (Å²) in [7, 11) is 0. The monoisotopic (exact) mass is 407 g/mol. The number of hydrogen-bond acceptors (Lipinski definition) is 3. The lowest BCUT2D eigenvalue weighted by Crippen LogP contribution is -2.51. The molecular weight excluding hydrogens is 382 g/mol. The number of fused-ring (bicyclic) bond motifs is 1. The third-order valence-electron chi connectivity index (χ3n) is 5.98. The molecule has 2 fully saturated rings. The number of ether oxygens (including phenoxy) is 1. The summed E-state index contributed by atoms with van der Waals surface area (Å²) < 4.78 is 5.55. The molecule has 8 heteroatoms. The number of hydrogen-bond donors (Lipinski definition) is 1. The molecule has 152 valence electrons. The van der Waals surface area contributed by atoms with Gasteiger partial charge in [0.1, 0.15) is 0 Å². The summed E-state index contributed by atoms with van der Waals surface area (Å²) in [6, 6.07) is 3.68. The first-order valence-corrected chi connectivity index (χ1v) is 10.3. The SMILES string of the molecule is CC1CN(C(=O)N2CCc3cc(Cl)cc(C4CCCN4C(=O)O)c3C2)CCO1. The summed E-state index contributed by atoms with van der Waals surface area (Å²) >= 11 is 6.36. The van der Waals surface area contributed by atoms with Gasteiger partial charge < -0.3 is 24.5 Å². The first kappa shape index (κ1) is 19.3. The predicted molar refractivity (Wildman–Crippen MR) is 105 cm³/mol. The number of amides is 3. The molecule has 2 saturated heterocycles. The van der Waals surface area contributed by atoms with Crippen LogP contribution in [0.15, 0.2) is 12.1 Å². The molecule has 2 atom stereocenters. The Kier molecular flexibility index (Phi) is 5.38. The van der Waals surface area contributed by atoms with Gasteiger partial charge in [0, 0.05) is 37.7 Å². The van der Waals surface area contributed by atoms with Gasteiger partial charge >= 0.3 is 12.1 Å². The third kappa shape index (κ3) is 3.65. The van der Waals surface area contributed by atoms with E-state index in [2.05, 4.69) is 0 Å². The third-order valence-corrected chi connectivity index (χ3v) is 6.20. The molecular formula is C20H26ClN3O4. The Hall–Kier alpha value is -1.99. The highest BCUT2D eigenvalue weighted by Gasteiger charge is 2.35. The Bertz CT molecular complexity index is 787. The molecule has 0 saturated carbocycles. The zero-order valence-corrected chi connectivity index (χ0v) is 16.8. The fraction of sp³-hybridized carbons (Fsp3) is 0.600. The number of morpholine rings is 1. The molecule has 0 aliphatic carbocycles. The minimum absolute atomic E-state index is 0.0308. The van der Waals surface area contributed by atoms with E-state index in [4.69, 9.17) is 16.3 Å². The van der Waals surface area contributed by atoms with Crippen LogP contribution < -0.4 is 0 Å². The maximum absolute atomic E-state index is 13.0. The van der Waals surface area contributed by atoms with Crippen LogP contribution >= 0.6 is 11.6 Å². The van der Waals surface area contributed by atoms with Crippen molar-refractivity contribution in [3.8, 4) is 0 Å². The second-order valence-electron chi connectivity index (χ2n) is 7.85. The standard InChI is InChI=1S/C20H26ClN3O4/c1-13-11-23(7-8-28-13)19(25)22-6-4-14-9-15(21)10-16(17(14)12-22)18-3-2-5-24(18)20(26)27/h9-10,13,18H,2-8,11-12H2,1H3,(H,26,27). The van der Waals surface area contributed by atoms with Gasteiger partial charge in [0.25, 0.3) is 0 Å². The minimum atomic E-state index is -0.901. The molecule has 28 heavy (non-hydrogen) atoms. The van der Waals surface area contributed by atoms with Gasteiger partial charge in [0.2, 0.25) is 0 Å². The van der Waals surface area contributed by atoms with Crippen LogP contribution in [0.25, 0.3) is 0 Å². The van der Waals surface area contributed by atoms with Gasteiger partial charge in [0.15, 0.2) is 0 Å². The Morgan fingerprint density at radius 2 is 2.04 bits per heavy atom. The molecule has 3 amide bonds. The first-order valence-electron chi connectivity index (χ1n) is 9.90. The molecule has 0 aromatic heterocycles. The fourth-order valence-electron chi connectivity index (χ4n) is 4.63. The lowest BCUT2D eigenvalue weighted by atomic mass is 9.90. The zero-order chi connectivity index (χ0) is 19.8. The van der Waals surface area contributed by atoms with Gasteiger partial charge in [-0.25, -0.2) is 9.59 Å². The molecule has 0 radical (unpaired) electrons. The van der Waals surface area contributed by atoms with E-state index in [9.17, 15) is 14.7 Å². The summed E-state index contributed by atoms with van der Waals surface area (Å²) in [6.07, 6.45) is 1.50. The van der Waals surface area contributed by atoms with Crippen molar-refractivity contribution in [1.29, 1.82) is 0 Å². The van der Waals surface area contributed by atoms with Crippen LogP contribution in [-0.2, 0) is 17.7 Å². The molecule has 4 rings (SSSR count). The highest BCUT2D eigenvalue weighted by atomic mass is 35.5. The average molecular weight is 408 g/mol. The lowest BCUT2D eigenvalue weighted by molar-refractivity contribution is -0.00975. The second-order valence-corrected chi connectivity index (χ2v) is 8.28. The van der Waals surface area contributed by atoms with Crippen LogP contribution in [0.5, 0.6) is 0 Å². The number of halogens is 1.